The number of carbonyl (C=O) groups is 1. The van der Waals surface area contributed by atoms with Crippen molar-refractivity contribution < 1.29 is 4.79 Å². The number of aryl methyl sites for hydroxylation is 1. The number of para-hydroxylation sites is 1. The van der Waals surface area contributed by atoms with Gasteiger partial charge in [-0.15, -0.1) is 0 Å². The van der Waals surface area contributed by atoms with Gasteiger partial charge in [-0.3, -0.25) is 9.69 Å². The predicted molar refractivity (Wildman–Crippen MR) is 97.4 cm³/mol. The fraction of sp³-hybridized carbons (Fsp3) is 0.278. The molecule has 0 spiro atoms. The summed E-state index contributed by atoms with van der Waals surface area (Å²) in [4.78, 5) is 14.1. The monoisotopic (exact) mass is 350 g/mol. The highest BCUT2D eigenvalue weighted by Gasteiger charge is 2.11. The Kier molecular flexibility index (Phi) is 6.90. The van der Waals surface area contributed by atoms with E-state index in [-0.39, 0.29) is 5.91 Å². The average Bonchev–Trinajstić information content (AvgIpc) is 2.52. The van der Waals surface area contributed by atoms with Crippen molar-refractivity contribution in [1.29, 1.82) is 0 Å². The number of hydrogen-bond donors (Lipinski definition) is 1. The van der Waals surface area contributed by atoms with Crippen LogP contribution in [0, 0.1) is 0 Å². The summed E-state index contributed by atoms with van der Waals surface area (Å²) in [5.41, 5.74) is 1.78. The summed E-state index contributed by atoms with van der Waals surface area (Å²) < 4.78 is 0. The predicted octanol–water partition coefficient (Wildman–Crippen LogP) is 4.50. The van der Waals surface area contributed by atoms with Gasteiger partial charge in [0.25, 0.3) is 0 Å². The molecule has 0 heterocycles. The first kappa shape index (κ1) is 17.8. The zero-order valence-corrected chi connectivity index (χ0v) is 14.6. The van der Waals surface area contributed by atoms with Crippen molar-refractivity contribution in [2.45, 2.75) is 12.8 Å². The van der Waals surface area contributed by atoms with Crippen LogP contribution in [-0.4, -0.2) is 30.9 Å². The Hall–Kier alpha value is -1.55. The van der Waals surface area contributed by atoms with E-state index in [2.05, 4.69) is 17.4 Å². The van der Waals surface area contributed by atoms with Crippen LogP contribution in [0.4, 0.5) is 5.69 Å². The van der Waals surface area contributed by atoms with Gasteiger partial charge in [-0.1, -0.05) is 59.6 Å². The van der Waals surface area contributed by atoms with Crippen LogP contribution in [0.2, 0.25) is 10.0 Å². The van der Waals surface area contributed by atoms with Crippen molar-refractivity contribution >= 4 is 34.8 Å². The van der Waals surface area contributed by atoms with E-state index in [0.29, 0.717) is 22.3 Å². The van der Waals surface area contributed by atoms with Gasteiger partial charge < -0.3 is 5.32 Å². The summed E-state index contributed by atoms with van der Waals surface area (Å²) in [6, 6.07) is 15.5. The Morgan fingerprint density at radius 3 is 2.35 bits per heavy atom. The number of benzene rings is 2. The molecule has 0 radical (unpaired) electrons. The van der Waals surface area contributed by atoms with Crippen molar-refractivity contribution in [3.8, 4) is 0 Å². The highest BCUT2D eigenvalue weighted by atomic mass is 35.5. The SMILES string of the molecule is CN(CCCc1ccccc1)CC(=O)Nc1c(Cl)cccc1Cl. The van der Waals surface area contributed by atoms with E-state index >= 15 is 0 Å². The molecule has 23 heavy (non-hydrogen) atoms. The smallest absolute Gasteiger partial charge is 0.238 e. The second-order valence-electron chi connectivity index (χ2n) is 5.47. The summed E-state index contributed by atoms with van der Waals surface area (Å²) in [5.74, 6) is -0.123. The molecular weight excluding hydrogens is 331 g/mol. The Morgan fingerprint density at radius 2 is 1.70 bits per heavy atom. The molecule has 2 aromatic carbocycles. The van der Waals surface area contributed by atoms with Crippen LogP contribution in [0.3, 0.4) is 0 Å². The second kappa shape index (κ2) is 8.92. The quantitative estimate of drug-likeness (QED) is 0.797. The maximum atomic E-state index is 12.1. The molecule has 3 nitrogen and oxygen atoms in total. The van der Waals surface area contributed by atoms with Gasteiger partial charge in [-0.2, -0.15) is 0 Å². The minimum absolute atomic E-state index is 0.123. The van der Waals surface area contributed by atoms with Crippen LogP contribution in [0.25, 0.3) is 0 Å². The molecule has 1 amide bonds. The lowest BCUT2D eigenvalue weighted by molar-refractivity contribution is -0.117. The lowest BCUT2D eigenvalue weighted by Crippen LogP contribution is -2.31. The Balaban J connectivity index is 1.76. The summed E-state index contributed by atoms with van der Waals surface area (Å²) in [7, 11) is 1.93. The zero-order chi connectivity index (χ0) is 16.7. The number of anilines is 1. The Bertz CT molecular complexity index is 626. The van der Waals surface area contributed by atoms with E-state index in [1.54, 1.807) is 18.2 Å². The van der Waals surface area contributed by atoms with E-state index in [1.807, 2.05) is 30.1 Å². The first-order valence-electron chi connectivity index (χ1n) is 7.52. The number of amides is 1. The van der Waals surface area contributed by atoms with Crippen molar-refractivity contribution in [2.75, 3.05) is 25.5 Å². The molecule has 1 N–H and O–H groups in total. The van der Waals surface area contributed by atoms with Gasteiger partial charge >= 0.3 is 0 Å². The Labute approximate surface area is 147 Å². The molecule has 0 saturated heterocycles. The van der Waals surface area contributed by atoms with E-state index in [4.69, 9.17) is 23.2 Å². The third-order valence-electron chi connectivity index (χ3n) is 3.49. The number of likely N-dealkylation sites (N-methyl/N-ethyl adjacent to an activating group) is 1. The fourth-order valence-electron chi connectivity index (χ4n) is 2.32. The van der Waals surface area contributed by atoms with Crippen molar-refractivity contribution in [3.05, 3.63) is 64.1 Å². The molecule has 0 atom stereocenters. The van der Waals surface area contributed by atoms with Crippen LogP contribution in [0.15, 0.2) is 48.5 Å². The van der Waals surface area contributed by atoms with Gasteiger partial charge in [-0.25, -0.2) is 0 Å². The van der Waals surface area contributed by atoms with Crippen LogP contribution in [0.5, 0.6) is 0 Å². The van der Waals surface area contributed by atoms with Gasteiger partial charge in [-0.05, 0) is 44.1 Å². The standard InChI is InChI=1S/C18H20Cl2N2O/c1-22(12-6-9-14-7-3-2-4-8-14)13-17(23)21-18-15(19)10-5-11-16(18)20/h2-5,7-8,10-11H,6,9,12-13H2,1H3,(H,21,23). The summed E-state index contributed by atoms with van der Waals surface area (Å²) in [6.45, 7) is 1.15. The minimum Gasteiger partial charge on any atom is -0.322 e. The summed E-state index contributed by atoms with van der Waals surface area (Å²) in [5, 5.41) is 3.66. The molecule has 0 aromatic heterocycles. The third kappa shape index (κ3) is 5.87. The number of rotatable bonds is 7. The first-order valence-corrected chi connectivity index (χ1v) is 8.28. The molecule has 0 aliphatic heterocycles. The highest BCUT2D eigenvalue weighted by Crippen LogP contribution is 2.29. The molecule has 0 unspecified atom stereocenters. The topological polar surface area (TPSA) is 32.3 Å². The number of hydrogen-bond acceptors (Lipinski definition) is 2. The summed E-state index contributed by atoms with van der Waals surface area (Å²) in [6.07, 6.45) is 2.00. The molecule has 122 valence electrons. The van der Waals surface area contributed by atoms with Crippen LogP contribution < -0.4 is 5.32 Å². The minimum atomic E-state index is -0.123. The molecule has 0 saturated carbocycles. The molecule has 5 heteroatoms. The van der Waals surface area contributed by atoms with Crippen LogP contribution >= 0.6 is 23.2 Å². The molecule has 0 fully saturated rings. The van der Waals surface area contributed by atoms with E-state index in [1.165, 1.54) is 5.56 Å². The van der Waals surface area contributed by atoms with Gasteiger partial charge in [0.05, 0.1) is 22.3 Å². The maximum Gasteiger partial charge on any atom is 0.238 e. The Morgan fingerprint density at radius 1 is 1.04 bits per heavy atom. The van der Waals surface area contributed by atoms with Crippen molar-refractivity contribution in [3.63, 3.8) is 0 Å². The van der Waals surface area contributed by atoms with Crippen LogP contribution in [0.1, 0.15) is 12.0 Å². The van der Waals surface area contributed by atoms with Gasteiger partial charge in [0, 0.05) is 0 Å². The molecule has 2 rings (SSSR count). The third-order valence-corrected chi connectivity index (χ3v) is 4.12. The van der Waals surface area contributed by atoms with E-state index in [0.717, 1.165) is 19.4 Å². The van der Waals surface area contributed by atoms with Crippen molar-refractivity contribution in [1.82, 2.24) is 4.90 Å². The van der Waals surface area contributed by atoms with Gasteiger partial charge in [0.15, 0.2) is 0 Å². The molecule has 0 bridgehead atoms. The normalized spacial score (nSPS) is 10.8. The lowest BCUT2D eigenvalue weighted by atomic mass is 10.1. The summed E-state index contributed by atoms with van der Waals surface area (Å²) >= 11 is 12.1. The molecular formula is C18H20Cl2N2O. The maximum absolute atomic E-state index is 12.1. The van der Waals surface area contributed by atoms with Crippen LogP contribution in [-0.2, 0) is 11.2 Å². The lowest BCUT2D eigenvalue weighted by Gasteiger charge is -2.17. The van der Waals surface area contributed by atoms with E-state index in [9.17, 15) is 4.79 Å². The molecule has 0 aliphatic rings. The number of halogens is 2. The van der Waals surface area contributed by atoms with Gasteiger partial charge in [0.1, 0.15) is 0 Å². The fourth-order valence-corrected chi connectivity index (χ4v) is 2.81. The zero-order valence-electron chi connectivity index (χ0n) is 13.1. The molecule has 0 aliphatic carbocycles. The first-order chi connectivity index (χ1) is 11.1. The van der Waals surface area contributed by atoms with Crippen molar-refractivity contribution in [2.24, 2.45) is 0 Å². The number of nitrogens with zero attached hydrogens (tertiary/aromatic N) is 1. The number of nitrogens with one attached hydrogen (secondary N) is 1. The average molecular weight is 351 g/mol. The highest BCUT2D eigenvalue weighted by molar-refractivity contribution is 6.39. The second-order valence-corrected chi connectivity index (χ2v) is 6.29. The van der Waals surface area contributed by atoms with E-state index < -0.39 is 0 Å². The molecule has 2 aromatic rings. The number of carbonyl (C=O) groups excluding carboxylic acids is 1. The largest absolute Gasteiger partial charge is 0.322 e. The van der Waals surface area contributed by atoms with Gasteiger partial charge in [0.2, 0.25) is 5.91 Å².